The van der Waals surface area contributed by atoms with E-state index < -0.39 is 143 Å². The molecule has 0 aromatic rings. The van der Waals surface area contributed by atoms with Crippen LogP contribution in [0.4, 0.5) is 0 Å². The van der Waals surface area contributed by atoms with Crippen LogP contribution in [0.1, 0.15) is 197 Å². The Kier molecular flexibility index (Phi) is 44.0. The first-order valence-corrected chi connectivity index (χ1v) is 35.1. The van der Waals surface area contributed by atoms with Crippen LogP contribution in [0.5, 0.6) is 0 Å². The van der Waals surface area contributed by atoms with E-state index in [1.807, 2.05) is 41.5 Å². The van der Waals surface area contributed by atoms with Crippen molar-refractivity contribution in [2.75, 3.05) is 39.3 Å². The minimum Gasteiger partial charge on any atom is -0.392 e. The quantitative estimate of drug-likeness (QED) is 0.0297. The van der Waals surface area contributed by atoms with Crippen LogP contribution >= 0.6 is 0 Å². The number of hydrogen-bond donors (Lipinski definition) is 15. The number of carbonyl (C=O) groups is 18. The lowest BCUT2D eigenvalue weighted by atomic mass is 9.88. The second-order valence-corrected chi connectivity index (χ2v) is 28.1. The summed E-state index contributed by atoms with van der Waals surface area (Å²) in [4.78, 5) is 218. The van der Waals surface area contributed by atoms with E-state index in [0.29, 0.717) is 58.2 Å². The monoisotopic (exact) mass is 1450 g/mol. The Labute approximate surface area is 596 Å². The number of Topliss-reactive ketones (excluding diaryl/α,β-unsaturated/α-hetero) is 9. The molecule has 0 radical (unpaired) electrons. The van der Waals surface area contributed by atoms with Gasteiger partial charge in [0.1, 0.15) is 34.7 Å². The van der Waals surface area contributed by atoms with E-state index in [4.69, 9.17) is 17.2 Å². The fourth-order valence-corrected chi connectivity index (χ4v) is 11.5. The van der Waals surface area contributed by atoms with E-state index in [-0.39, 0.29) is 168 Å². The van der Waals surface area contributed by atoms with Crippen LogP contribution in [-0.4, -0.2) is 214 Å². The zero-order valence-electron chi connectivity index (χ0n) is 60.7. The second kappa shape index (κ2) is 48.8. The highest BCUT2D eigenvalue weighted by Gasteiger charge is 2.35. The average molecular weight is 1450 g/mol. The van der Waals surface area contributed by atoms with Gasteiger partial charge in [-0.2, -0.15) is 0 Å². The third-order valence-corrected chi connectivity index (χ3v) is 16.8. The van der Waals surface area contributed by atoms with Crippen LogP contribution < -0.4 is 65.1 Å². The molecule has 0 bridgehead atoms. The van der Waals surface area contributed by atoms with Crippen LogP contribution in [0.2, 0.25) is 0 Å². The summed E-state index contributed by atoms with van der Waals surface area (Å²) in [5, 5.41) is 52.5. The number of ketones is 9. The van der Waals surface area contributed by atoms with E-state index in [2.05, 4.69) is 47.9 Å². The van der Waals surface area contributed by atoms with Crippen molar-refractivity contribution in [3.05, 3.63) is 0 Å². The van der Waals surface area contributed by atoms with Crippen molar-refractivity contribution < 1.29 is 102 Å². The summed E-state index contributed by atoms with van der Waals surface area (Å²) in [6, 6.07) is -4.59. The maximum absolute atomic E-state index is 13.0. The Bertz CT molecular complexity index is 2600. The van der Waals surface area contributed by atoms with Crippen LogP contribution in [0.25, 0.3) is 0 Å². The van der Waals surface area contributed by atoms with E-state index in [9.17, 15) is 102 Å². The predicted octanol–water partition coefficient (Wildman–Crippen LogP) is -2.59. The molecule has 3 fully saturated rings. The molecule has 0 unspecified atom stereocenters. The highest BCUT2D eigenvalue weighted by Crippen LogP contribution is 2.23. The first-order chi connectivity index (χ1) is 47.6. The number of rotatable bonds is 48. The Hall–Kier alpha value is -7.98. The number of carbonyl (C=O) groups excluding carboxylic acids is 18. The molecule has 33 heteroatoms. The molecule has 33 nitrogen and oxygen atoms in total. The van der Waals surface area contributed by atoms with Gasteiger partial charge < -0.3 is 80.4 Å². The Morgan fingerprint density at radius 1 is 0.363 bits per heavy atom. The van der Waals surface area contributed by atoms with Gasteiger partial charge in [0.2, 0.25) is 53.2 Å². The molecule has 9 amide bonds. The third kappa shape index (κ3) is 41.2. The van der Waals surface area contributed by atoms with Crippen molar-refractivity contribution in [3.63, 3.8) is 0 Å². The van der Waals surface area contributed by atoms with E-state index in [0.717, 1.165) is 0 Å². The SMILES string of the molecule is CC(=O)CNC(=O)[C@@H](CC(=O)[C@@H](CCC(N)=O)NC(=O)CCC(=O)[C@H]1C[C@H](O)CN1)CC(C)C.CC(=O)CNC(=O)[C@H](CC(=O)[C@@H](CCC(N)=O)NC(=O)CCC(=O)[C@@H]1C[C@@H](O)CN1)CC(C)C.CC(=O)CNC(=O)[C@H](CC(=O)[C@H](CCC(N)=O)NC(=O)CCC(=O)[C@H]1C[C@H](O)CN1)CC(C)C. The van der Waals surface area contributed by atoms with Gasteiger partial charge in [-0.15, -0.1) is 0 Å². The molecule has 0 aliphatic carbocycles. The highest BCUT2D eigenvalue weighted by molar-refractivity contribution is 5.98. The van der Waals surface area contributed by atoms with Crippen molar-refractivity contribution in [3.8, 4) is 0 Å². The topological polar surface area (TPSA) is 554 Å². The number of amides is 9. The Morgan fingerprint density at radius 2 is 0.588 bits per heavy atom. The first-order valence-electron chi connectivity index (χ1n) is 35.1. The minimum atomic E-state index is -1.03. The number of hydrogen-bond acceptors (Lipinski definition) is 24. The molecule has 3 aliphatic rings. The highest BCUT2D eigenvalue weighted by atomic mass is 16.3. The number of aliphatic hydroxyl groups is 3. The number of nitrogens with one attached hydrogen (secondary N) is 9. The van der Waals surface area contributed by atoms with Crippen molar-refractivity contribution in [2.45, 2.75) is 252 Å². The van der Waals surface area contributed by atoms with Crippen LogP contribution in [0.15, 0.2) is 0 Å². The van der Waals surface area contributed by atoms with E-state index >= 15 is 0 Å². The zero-order chi connectivity index (χ0) is 77.5. The van der Waals surface area contributed by atoms with Gasteiger partial charge in [-0.05, 0) is 96.3 Å². The van der Waals surface area contributed by atoms with Gasteiger partial charge in [-0.3, -0.25) is 86.3 Å². The maximum Gasteiger partial charge on any atom is 0.223 e. The van der Waals surface area contributed by atoms with Gasteiger partial charge in [0.15, 0.2) is 17.3 Å². The average Bonchev–Trinajstić information content (AvgIpc) is 1.02. The Balaban J connectivity index is 0.000000765. The standard InChI is InChI=1S/3C23H38N4O7/c3*1-13(2)8-15(23(34)26-11-14(3)28)9-20(31)17(4-6-21(24)32)27-22(33)7-5-19(30)18-10-16(29)12-25-18/h3*13,15-18,25,29H,4-12H2,1-3H3,(H2,24,32)(H,26,34)(H,27,33)/t15-,16+,17+,18-;15-,16+,17-,18-;15-,16-,17-,18+/m010/s1. The molecule has 0 aromatic heterocycles. The molecule has 0 aromatic carbocycles. The van der Waals surface area contributed by atoms with Crippen molar-refractivity contribution in [1.29, 1.82) is 0 Å². The lowest BCUT2D eigenvalue weighted by Gasteiger charge is -2.22. The molecule has 3 aliphatic heterocycles. The van der Waals surface area contributed by atoms with Gasteiger partial charge in [-0.1, -0.05) is 41.5 Å². The van der Waals surface area contributed by atoms with Crippen molar-refractivity contribution in [2.24, 2.45) is 52.7 Å². The lowest BCUT2D eigenvalue weighted by Crippen LogP contribution is -2.44. The van der Waals surface area contributed by atoms with Gasteiger partial charge in [0.25, 0.3) is 0 Å². The molecule has 3 rings (SSSR count). The van der Waals surface area contributed by atoms with Crippen molar-refractivity contribution >= 4 is 105 Å². The molecular formula is C69H114N12O21. The van der Waals surface area contributed by atoms with Gasteiger partial charge >= 0.3 is 0 Å². The van der Waals surface area contributed by atoms with Crippen LogP contribution in [-0.2, 0) is 86.3 Å². The largest absolute Gasteiger partial charge is 0.392 e. The first kappa shape index (κ1) is 92.0. The predicted molar refractivity (Wildman–Crippen MR) is 370 cm³/mol. The fourth-order valence-electron chi connectivity index (χ4n) is 11.5. The fraction of sp³-hybridized carbons (Fsp3) is 0.739. The molecule has 0 spiro atoms. The summed E-state index contributed by atoms with van der Waals surface area (Å²) in [5.74, 6) is -9.06. The summed E-state index contributed by atoms with van der Waals surface area (Å²) < 4.78 is 0. The van der Waals surface area contributed by atoms with Gasteiger partial charge in [0, 0.05) is 114 Å². The normalized spacial score (nSPS) is 19.3. The summed E-state index contributed by atoms with van der Waals surface area (Å²) in [5.41, 5.74) is 15.6. The summed E-state index contributed by atoms with van der Waals surface area (Å²) in [6.07, 6.45) is -1.29. The molecule has 576 valence electrons. The van der Waals surface area contributed by atoms with Crippen molar-refractivity contribution in [1.82, 2.24) is 47.9 Å². The summed E-state index contributed by atoms with van der Waals surface area (Å²) >= 11 is 0. The molecule has 18 N–H and O–H groups in total. The lowest BCUT2D eigenvalue weighted by molar-refractivity contribution is -0.133. The summed E-state index contributed by atoms with van der Waals surface area (Å²) in [7, 11) is 0. The third-order valence-electron chi connectivity index (χ3n) is 16.8. The van der Waals surface area contributed by atoms with Crippen LogP contribution in [0, 0.1) is 35.5 Å². The maximum atomic E-state index is 13.0. The van der Waals surface area contributed by atoms with E-state index in [1.54, 1.807) is 0 Å². The number of β-amino-alcohol motifs (C(OH)–C–C–N with tert-alkyl or cyclic N) is 3. The van der Waals surface area contributed by atoms with Gasteiger partial charge in [-0.25, -0.2) is 0 Å². The van der Waals surface area contributed by atoms with Crippen LogP contribution in [0.3, 0.4) is 0 Å². The zero-order valence-corrected chi connectivity index (χ0v) is 60.7. The Morgan fingerprint density at radius 3 is 0.765 bits per heavy atom. The molecule has 0 saturated carbocycles. The molecule has 12 atom stereocenters. The van der Waals surface area contributed by atoms with Gasteiger partial charge in [0.05, 0.1) is 74.2 Å². The summed E-state index contributed by atoms with van der Waals surface area (Å²) in [6.45, 7) is 16.0. The second-order valence-electron chi connectivity index (χ2n) is 28.1. The molecule has 3 heterocycles. The molecule has 3 saturated heterocycles. The molecule has 102 heavy (non-hydrogen) atoms. The number of aliphatic hydroxyl groups excluding tert-OH is 3. The smallest absolute Gasteiger partial charge is 0.223 e. The minimum absolute atomic E-state index is 0.0201. The van der Waals surface area contributed by atoms with E-state index in [1.165, 1.54) is 20.8 Å². The number of primary amides is 3. The number of nitrogens with two attached hydrogens (primary N) is 3. The molecular weight excluding hydrogens is 1330 g/mol.